The maximum Gasteiger partial charge on any atom is 0.337 e. The Labute approximate surface area is 133 Å². The van der Waals surface area contributed by atoms with E-state index < -0.39 is 5.97 Å². The van der Waals surface area contributed by atoms with E-state index in [1.807, 2.05) is 6.07 Å². The molecule has 1 aliphatic heterocycles. The number of amides is 1. The van der Waals surface area contributed by atoms with Gasteiger partial charge in [0.1, 0.15) is 0 Å². The van der Waals surface area contributed by atoms with Crippen LogP contribution in [0.15, 0.2) is 41.6 Å². The molecule has 0 fully saturated rings. The Hall–Kier alpha value is -2.25. The minimum Gasteiger partial charge on any atom is -0.466 e. The van der Waals surface area contributed by atoms with E-state index in [-0.39, 0.29) is 17.6 Å². The van der Waals surface area contributed by atoms with Crippen molar-refractivity contribution in [1.82, 2.24) is 10.6 Å². The second-order valence-corrected chi connectivity index (χ2v) is 4.93. The zero-order valence-corrected chi connectivity index (χ0v) is 12.9. The molecule has 116 valence electrons. The molecule has 0 saturated heterocycles. The molecular formula is C15H16N2O4S. The Balaban J connectivity index is 2.03. The summed E-state index contributed by atoms with van der Waals surface area (Å²) in [5, 5.41) is 5.59. The fraction of sp³-hybridized carbons (Fsp3) is 0.267. The van der Waals surface area contributed by atoms with E-state index in [1.54, 1.807) is 24.3 Å². The number of esters is 1. The highest BCUT2D eigenvalue weighted by Gasteiger charge is 2.21. The molecular weight excluding hydrogens is 304 g/mol. The Bertz CT molecular complexity index is 613. The van der Waals surface area contributed by atoms with E-state index in [9.17, 15) is 9.59 Å². The number of methoxy groups -OCH3 is 1. The van der Waals surface area contributed by atoms with E-state index in [1.165, 1.54) is 7.11 Å². The lowest BCUT2D eigenvalue weighted by molar-refractivity contribution is -0.137. The molecule has 2 rings (SSSR count). The molecule has 0 radical (unpaired) electrons. The Morgan fingerprint density at radius 3 is 2.68 bits per heavy atom. The van der Waals surface area contributed by atoms with Crippen LogP contribution in [-0.2, 0) is 14.3 Å². The van der Waals surface area contributed by atoms with E-state index in [0.29, 0.717) is 29.9 Å². The van der Waals surface area contributed by atoms with Crippen molar-refractivity contribution in [3.05, 3.63) is 47.2 Å². The van der Waals surface area contributed by atoms with Crippen molar-refractivity contribution in [2.75, 3.05) is 20.3 Å². The minimum absolute atomic E-state index is 0.132. The Morgan fingerprint density at radius 2 is 2.00 bits per heavy atom. The molecule has 0 aromatic heterocycles. The third kappa shape index (κ3) is 4.12. The van der Waals surface area contributed by atoms with Gasteiger partial charge in [-0.05, 0) is 24.4 Å². The van der Waals surface area contributed by atoms with Gasteiger partial charge >= 0.3 is 5.97 Å². The molecule has 1 heterocycles. The largest absolute Gasteiger partial charge is 0.466 e. The van der Waals surface area contributed by atoms with Gasteiger partial charge in [0.2, 0.25) is 0 Å². The lowest BCUT2D eigenvalue weighted by Crippen LogP contribution is -2.40. The Kier molecular flexibility index (Phi) is 5.62. The average Bonchev–Trinajstić information content (AvgIpc) is 2.55. The molecule has 0 aliphatic carbocycles. The lowest BCUT2D eigenvalue weighted by Gasteiger charge is -2.21. The lowest BCUT2D eigenvalue weighted by atomic mass is 10.1. The van der Waals surface area contributed by atoms with E-state index in [0.717, 1.165) is 0 Å². The standard InChI is InChI=1S/C15H16N2O4S/c1-20-14(19)11-9-21-8-7-12(11)16-15(22)17-13(18)10-5-3-2-4-6-10/h2-6H,7-9H2,1H3,(H2,16,17,18,22). The number of rotatable bonds is 3. The van der Waals surface area contributed by atoms with Crippen molar-refractivity contribution in [3.63, 3.8) is 0 Å². The van der Waals surface area contributed by atoms with Gasteiger partial charge in [-0.25, -0.2) is 4.79 Å². The third-order valence-corrected chi connectivity index (χ3v) is 3.27. The number of hydrogen-bond acceptors (Lipinski definition) is 5. The van der Waals surface area contributed by atoms with Crippen LogP contribution in [0.4, 0.5) is 0 Å². The summed E-state index contributed by atoms with van der Waals surface area (Å²) in [5.41, 5.74) is 1.49. The van der Waals surface area contributed by atoms with E-state index >= 15 is 0 Å². The van der Waals surface area contributed by atoms with Gasteiger partial charge in [0.05, 0.1) is 25.9 Å². The quantitative estimate of drug-likeness (QED) is 0.642. The molecule has 1 aromatic rings. The van der Waals surface area contributed by atoms with Crippen LogP contribution < -0.4 is 10.6 Å². The van der Waals surface area contributed by atoms with Crippen LogP contribution in [0.25, 0.3) is 0 Å². The molecule has 0 atom stereocenters. The molecule has 0 saturated carbocycles. The van der Waals surface area contributed by atoms with Gasteiger partial charge < -0.3 is 14.8 Å². The van der Waals surface area contributed by atoms with Crippen molar-refractivity contribution < 1.29 is 19.1 Å². The highest BCUT2D eigenvalue weighted by atomic mass is 32.1. The van der Waals surface area contributed by atoms with Crippen LogP contribution in [0.1, 0.15) is 16.8 Å². The molecule has 2 N–H and O–H groups in total. The molecule has 0 spiro atoms. The van der Waals surface area contributed by atoms with E-state index in [4.69, 9.17) is 21.7 Å². The van der Waals surface area contributed by atoms with Gasteiger partial charge in [-0.15, -0.1) is 0 Å². The first kappa shape index (κ1) is 16.1. The van der Waals surface area contributed by atoms with E-state index in [2.05, 4.69) is 10.6 Å². The van der Waals surface area contributed by atoms with Gasteiger partial charge in [0.15, 0.2) is 5.11 Å². The molecule has 22 heavy (non-hydrogen) atoms. The first-order valence-electron chi connectivity index (χ1n) is 6.67. The fourth-order valence-corrected chi connectivity index (χ4v) is 2.18. The van der Waals surface area contributed by atoms with Crippen LogP contribution in [0.3, 0.4) is 0 Å². The van der Waals surface area contributed by atoms with Gasteiger partial charge in [0.25, 0.3) is 5.91 Å². The molecule has 7 heteroatoms. The SMILES string of the molecule is COC(=O)C1=C(NC(=S)NC(=O)c2ccccc2)CCOC1. The number of benzene rings is 1. The van der Waals surface area contributed by atoms with Gasteiger partial charge in [-0.2, -0.15) is 0 Å². The number of carbonyl (C=O) groups is 2. The molecule has 1 aromatic carbocycles. The molecule has 0 unspecified atom stereocenters. The molecule has 1 aliphatic rings. The monoisotopic (exact) mass is 320 g/mol. The fourth-order valence-electron chi connectivity index (χ4n) is 1.96. The summed E-state index contributed by atoms with van der Waals surface area (Å²) < 4.78 is 9.94. The summed E-state index contributed by atoms with van der Waals surface area (Å²) in [7, 11) is 1.30. The van der Waals surface area contributed by atoms with Crippen LogP contribution in [0, 0.1) is 0 Å². The first-order chi connectivity index (χ1) is 10.6. The van der Waals surface area contributed by atoms with Crippen molar-refractivity contribution in [1.29, 1.82) is 0 Å². The van der Waals surface area contributed by atoms with Crippen molar-refractivity contribution >= 4 is 29.2 Å². The normalized spacial score (nSPS) is 14.2. The number of carbonyl (C=O) groups excluding carboxylic acids is 2. The second-order valence-electron chi connectivity index (χ2n) is 4.53. The Morgan fingerprint density at radius 1 is 1.27 bits per heavy atom. The smallest absolute Gasteiger partial charge is 0.337 e. The maximum absolute atomic E-state index is 12.0. The van der Waals surface area contributed by atoms with Gasteiger partial charge in [0, 0.05) is 17.7 Å². The third-order valence-electron chi connectivity index (χ3n) is 3.07. The average molecular weight is 320 g/mol. The summed E-state index contributed by atoms with van der Waals surface area (Å²) in [5.74, 6) is -0.787. The second kappa shape index (κ2) is 7.67. The summed E-state index contributed by atoms with van der Waals surface area (Å²) in [6.07, 6.45) is 0.492. The van der Waals surface area contributed by atoms with Crippen LogP contribution >= 0.6 is 12.2 Å². The summed E-state index contributed by atoms with van der Waals surface area (Å²) in [4.78, 5) is 23.7. The van der Waals surface area contributed by atoms with Crippen LogP contribution in [-0.4, -0.2) is 37.3 Å². The maximum atomic E-state index is 12.0. The highest BCUT2D eigenvalue weighted by Crippen LogP contribution is 2.14. The number of hydrogen-bond donors (Lipinski definition) is 2. The topological polar surface area (TPSA) is 76.7 Å². The van der Waals surface area contributed by atoms with Gasteiger partial charge in [-0.3, -0.25) is 10.1 Å². The minimum atomic E-state index is -0.473. The first-order valence-corrected chi connectivity index (χ1v) is 7.08. The summed E-state index contributed by atoms with van der Waals surface area (Å²) in [6.45, 7) is 0.627. The number of nitrogens with one attached hydrogen (secondary N) is 2. The van der Waals surface area contributed by atoms with Crippen molar-refractivity contribution in [3.8, 4) is 0 Å². The predicted molar refractivity (Wildman–Crippen MR) is 84.1 cm³/mol. The predicted octanol–water partition coefficient (Wildman–Crippen LogP) is 1.14. The molecule has 0 bridgehead atoms. The molecule has 6 nitrogen and oxygen atoms in total. The van der Waals surface area contributed by atoms with Crippen LogP contribution in [0.5, 0.6) is 0 Å². The summed E-state index contributed by atoms with van der Waals surface area (Å²) >= 11 is 5.12. The number of thiocarbonyl (C=S) groups is 1. The number of ether oxygens (including phenoxy) is 2. The summed E-state index contributed by atoms with van der Waals surface area (Å²) in [6, 6.07) is 8.73. The van der Waals surface area contributed by atoms with Gasteiger partial charge in [-0.1, -0.05) is 18.2 Å². The zero-order chi connectivity index (χ0) is 15.9. The zero-order valence-electron chi connectivity index (χ0n) is 12.0. The van der Waals surface area contributed by atoms with Crippen LogP contribution in [0.2, 0.25) is 0 Å². The molecule has 1 amide bonds. The van der Waals surface area contributed by atoms with Crippen molar-refractivity contribution in [2.45, 2.75) is 6.42 Å². The van der Waals surface area contributed by atoms with Crippen molar-refractivity contribution in [2.24, 2.45) is 0 Å². The highest BCUT2D eigenvalue weighted by molar-refractivity contribution is 7.80.